The molecule has 1 N–H and O–H groups in total. The average Bonchev–Trinajstić information content (AvgIpc) is 3.02. The Kier molecular flexibility index (Phi) is 5.99. The van der Waals surface area contributed by atoms with Gasteiger partial charge in [0.25, 0.3) is 0 Å². The summed E-state index contributed by atoms with van der Waals surface area (Å²) in [6.07, 6.45) is 4.98. The van der Waals surface area contributed by atoms with Crippen LogP contribution in [0.15, 0.2) is 41.9 Å². The van der Waals surface area contributed by atoms with E-state index in [1.165, 1.54) is 0 Å². The zero-order valence-electron chi connectivity index (χ0n) is 14.1. The zero-order chi connectivity index (χ0) is 16.8. The number of rotatable bonds is 5. The van der Waals surface area contributed by atoms with Gasteiger partial charge in [-0.15, -0.1) is 11.3 Å². The smallest absolute Gasteiger partial charge is 0.231 e. The molecule has 4 nitrogen and oxygen atoms in total. The van der Waals surface area contributed by atoms with Gasteiger partial charge >= 0.3 is 0 Å². The Labute approximate surface area is 147 Å². The maximum absolute atomic E-state index is 13.2. The number of carbonyl (C=O) groups excluding carboxylic acids is 1. The van der Waals surface area contributed by atoms with Crippen LogP contribution in [0.1, 0.15) is 42.7 Å². The third-order valence-electron chi connectivity index (χ3n) is 4.67. The zero-order valence-corrected chi connectivity index (χ0v) is 15.0. The molecule has 0 saturated carbocycles. The Morgan fingerprint density at radius 1 is 1.33 bits per heavy atom. The van der Waals surface area contributed by atoms with Crippen molar-refractivity contribution in [3.8, 4) is 0 Å². The van der Waals surface area contributed by atoms with Gasteiger partial charge < -0.3 is 10.2 Å². The topological polar surface area (TPSA) is 45.2 Å². The fourth-order valence-electron chi connectivity index (χ4n) is 3.27. The monoisotopic (exact) mass is 343 g/mol. The van der Waals surface area contributed by atoms with Gasteiger partial charge in [-0.1, -0.05) is 12.1 Å². The minimum atomic E-state index is -0.0927. The highest BCUT2D eigenvalue weighted by atomic mass is 32.1. The van der Waals surface area contributed by atoms with Gasteiger partial charge in [-0.3, -0.25) is 9.78 Å². The van der Waals surface area contributed by atoms with Crippen LogP contribution >= 0.6 is 11.3 Å². The highest BCUT2D eigenvalue weighted by molar-refractivity contribution is 7.10. The first-order valence-electron chi connectivity index (χ1n) is 8.70. The summed E-state index contributed by atoms with van der Waals surface area (Å²) in [5.74, 6) is 0.125. The van der Waals surface area contributed by atoms with Gasteiger partial charge in [0.1, 0.15) is 0 Å². The van der Waals surface area contributed by atoms with E-state index in [9.17, 15) is 4.79 Å². The van der Waals surface area contributed by atoms with E-state index in [4.69, 9.17) is 0 Å². The van der Waals surface area contributed by atoms with Gasteiger partial charge in [-0.05, 0) is 62.9 Å². The average molecular weight is 343 g/mol. The number of nitrogens with one attached hydrogen (secondary N) is 1. The van der Waals surface area contributed by atoms with Crippen LogP contribution in [0.25, 0.3) is 0 Å². The molecule has 24 heavy (non-hydrogen) atoms. The molecule has 0 bridgehead atoms. The molecule has 3 heterocycles. The lowest BCUT2D eigenvalue weighted by molar-refractivity contribution is -0.135. The molecule has 0 radical (unpaired) electrons. The van der Waals surface area contributed by atoms with E-state index in [0.29, 0.717) is 6.54 Å². The molecule has 128 valence electrons. The van der Waals surface area contributed by atoms with E-state index in [-0.39, 0.29) is 17.9 Å². The Bertz CT molecular complexity index is 621. The van der Waals surface area contributed by atoms with Crippen LogP contribution in [0, 0.1) is 0 Å². The van der Waals surface area contributed by atoms with E-state index in [2.05, 4.69) is 21.3 Å². The van der Waals surface area contributed by atoms with Crippen LogP contribution in [-0.2, 0) is 11.3 Å². The van der Waals surface area contributed by atoms with Gasteiger partial charge in [0.2, 0.25) is 5.91 Å². The first kappa shape index (κ1) is 17.1. The van der Waals surface area contributed by atoms with E-state index in [1.807, 2.05) is 36.6 Å². The minimum Gasteiger partial charge on any atom is -0.333 e. The van der Waals surface area contributed by atoms with E-state index < -0.39 is 0 Å². The summed E-state index contributed by atoms with van der Waals surface area (Å²) in [6.45, 7) is 4.64. The summed E-state index contributed by atoms with van der Waals surface area (Å²) in [5, 5.41) is 5.48. The van der Waals surface area contributed by atoms with Gasteiger partial charge in [0.15, 0.2) is 0 Å². The maximum Gasteiger partial charge on any atom is 0.231 e. The first-order chi connectivity index (χ1) is 11.8. The van der Waals surface area contributed by atoms with Crippen molar-refractivity contribution in [2.24, 2.45) is 0 Å². The Morgan fingerprint density at radius 2 is 2.25 bits per heavy atom. The van der Waals surface area contributed by atoms with Gasteiger partial charge in [-0.2, -0.15) is 0 Å². The number of nitrogens with zero attached hydrogens (tertiary/aromatic N) is 2. The molecule has 1 amide bonds. The van der Waals surface area contributed by atoms with Crippen molar-refractivity contribution in [3.05, 3.63) is 52.5 Å². The molecule has 2 aromatic rings. The third-order valence-corrected chi connectivity index (χ3v) is 5.72. The van der Waals surface area contributed by atoms with Crippen molar-refractivity contribution in [1.29, 1.82) is 0 Å². The quantitative estimate of drug-likeness (QED) is 0.905. The van der Waals surface area contributed by atoms with Crippen LogP contribution in [0.5, 0.6) is 0 Å². The van der Waals surface area contributed by atoms with E-state index >= 15 is 0 Å². The van der Waals surface area contributed by atoms with Crippen molar-refractivity contribution < 1.29 is 4.79 Å². The molecular weight excluding hydrogens is 318 g/mol. The van der Waals surface area contributed by atoms with Crippen LogP contribution in [0.2, 0.25) is 0 Å². The fraction of sp³-hybridized carbons (Fsp3) is 0.474. The molecule has 0 aliphatic carbocycles. The lowest BCUT2D eigenvalue weighted by Crippen LogP contribution is -2.42. The maximum atomic E-state index is 13.2. The molecule has 1 aliphatic heterocycles. The van der Waals surface area contributed by atoms with Gasteiger partial charge in [0, 0.05) is 17.1 Å². The molecule has 0 spiro atoms. The van der Waals surface area contributed by atoms with Crippen LogP contribution in [-0.4, -0.2) is 34.9 Å². The Hall–Kier alpha value is -1.72. The summed E-state index contributed by atoms with van der Waals surface area (Å²) in [7, 11) is 0. The summed E-state index contributed by atoms with van der Waals surface area (Å²) >= 11 is 1.66. The highest BCUT2D eigenvalue weighted by Crippen LogP contribution is 2.26. The third kappa shape index (κ3) is 4.22. The Balaban J connectivity index is 1.81. The summed E-state index contributed by atoms with van der Waals surface area (Å²) in [5.41, 5.74) is 0.960. The number of aromatic nitrogens is 1. The lowest BCUT2D eigenvalue weighted by atomic mass is 10.0. The van der Waals surface area contributed by atoms with E-state index in [1.54, 1.807) is 17.5 Å². The van der Waals surface area contributed by atoms with Crippen LogP contribution in [0.4, 0.5) is 0 Å². The van der Waals surface area contributed by atoms with Crippen LogP contribution in [0.3, 0.4) is 0 Å². The van der Waals surface area contributed by atoms with Crippen molar-refractivity contribution >= 4 is 17.2 Å². The first-order valence-corrected chi connectivity index (χ1v) is 9.58. The molecule has 1 fully saturated rings. The number of hydrogen-bond donors (Lipinski definition) is 1. The Morgan fingerprint density at radius 3 is 3.00 bits per heavy atom. The second kappa shape index (κ2) is 8.40. The number of amides is 1. The fourth-order valence-corrected chi connectivity index (χ4v) is 4.05. The molecule has 5 heteroatoms. The molecule has 1 saturated heterocycles. The molecule has 0 unspecified atom stereocenters. The number of pyridine rings is 1. The van der Waals surface area contributed by atoms with Crippen molar-refractivity contribution in [1.82, 2.24) is 15.2 Å². The van der Waals surface area contributed by atoms with E-state index in [0.717, 1.165) is 42.9 Å². The summed E-state index contributed by atoms with van der Waals surface area (Å²) < 4.78 is 0. The highest BCUT2D eigenvalue weighted by Gasteiger charge is 2.29. The summed E-state index contributed by atoms with van der Waals surface area (Å²) in [6, 6.07) is 10.3. The predicted octanol–water partition coefficient (Wildman–Crippen LogP) is 3.42. The molecule has 1 aliphatic rings. The minimum absolute atomic E-state index is 0.0927. The number of thiophene rings is 1. The SMILES string of the molecule is C[C@H](C(=O)N(Cc1ccccn1)[C@H]1CCCNCC1)c1cccs1. The summed E-state index contributed by atoms with van der Waals surface area (Å²) in [4.78, 5) is 20.9. The van der Waals surface area contributed by atoms with Crippen molar-refractivity contribution in [3.63, 3.8) is 0 Å². The van der Waals surface area contributed by atoms with Gasteiger partial charge in [0.05, 0.1) is 18.2 Å². The molecule has 0 aromatic carbocycles. The largest absolute Gasteiger partial charge is 0.333 e. The second-order valence-corrected chi connectivity index (χ2v) is 7.34. The van der Waals surface area contributed by atoms with Crippen molar-refractivity contribution in [2.75, 3.05) is 13.1 Å². The van der Waals surface area contributed by atoms with Gasteiger partial charge in [-0.25, -0.2) is 0 Å². The molecular formula is C19H25N3OS. The number of hydrogen-bond acceptors (Lipinski definition) is 4. The second-order valence-electron chi connectivity index (χ2n) is 6.36. The molecule has 2 atom stereocenters. The number of carbonyl (C=O) groups is 1. The predicted molar refractivity (Wildman–Crippen MR) is 98.0 cm³/mol. The normalized spacial score (nSPS) is 19.5. The molecule has 3 rings (SSSR count). The molecule has 2 aromatic heterocycles. The lowest BCUT2D eigenvalue weighted by Gasteiger charge is -2.33. The van der Waals surface area contributed by atoms with Crippen molar-refractivity contribution in [2.45, 2.75) is 44.7 Å². The standard InChI is InChI=1S/C19H25N3OS/c1-15(18-8-5-13-24-18)19(23)22(14-16-6-2-3-11-21-16)17-7-4-10-20-12-9-17/h2-3,5-6,8,11,13,15,17,20H,4,7,9-10,12,14H2,1H3/t15-,17-/m0/s1. The van der Waals surface area contributed by atoms with Crippen LogP contribution < -0.4 is 5.32 Å².